The van der Waals surface area contributed by atoms with Gasteiger partial charge in [0.25, 0.3) is 0 Å². The molecule has 0 aliphatic rings. The van der Waals surface area contributed by atoms with Gasteiger partial charge in [-0.05, 0) is 19.1 Å². The van der Waals surface area contributed by atoms with Crippen LogP contribution >= 0.6 is 11.6 Å². The Bertz CT molecular complexity index is 660. The minimum absolute atomic E-state index is 0.121. The summed E-state index contributed by atoms with van der Waals surface area (Å²) in [6.07, 6.45) is 1.36. The van der Waals surface area contributed by atoms with E-state index in [4.69, 9.17) is 30.6 Å². The van der Waals surface area contributed by atoms with E-state index in [1.54, 1.807) is 19.1 Å². The first-order valence-corrected chi connectivity index (χ1v) is 6.11. The van der Waals surface area contributed by atoms with Gasteiger partial charge >= 0.3 is 5.97 Å². The Hall–Kier alpha value is -2.14. The number of furan rings is 1. The lowest BCUT2D eigenvalue weighted by atomic mass is 10.0. The van der Waals surface area contributed by atoms with Crippen LogP contribution in [-0.4, -0.2) is 25.3 Å². The minimum atomic E-state index is -1.13. The van der Waals surface area contributed by atoms with Gasteiger partial charge in [0.05, 0.1) is 31.1 Å². The molecule has 2 rings (SSSR count). The van der Waals surface area contributed by atoms with Gasteiger partial charge in [-0.25, -0.2) is 4.79 Å². The quantitative estimate of drug-likeness (QED) is 0.933. The minimum Gasteiger partial charge on any atom is -0.496 e. The van der Waals surface area contributed by atoms with Crippen LogP contribution in [0.3, 0.4) is 0 Å². The van der Waals surface area contributed by atoms with Crippen LogP contribution in [0.2, 0.25) is 5.02 Å². The Kier molecular flexibility index (Phi) is 3.90. The largest absolute Gasteiger partial charge is 0.496 e. The highest BCUT2D eigenvalue weighted by atomic mass is 35.5. The van der Waals surface area contributed by atoms with E-state index in [1.165, 1.54) is 20.5 Å². The number of rotatable bonds is 4. The molecule has 0 bridgehead atoms. The van der Waals surface area contributed by atoms with Crippen LogP contribution in [0.15, 0.2) is 22.8 Å². The zero-order valence-corrected chi connectivity index (χ0v) is 11.9. The fraction of sp³-hybridized carbons (Fsp3) is 0.214. The molecule has 20 heavy (non-hydrogen) atoms. The van der Waals surface area contributed by atoms with Crippen molar-refractivity contribution in [2.45, 2.75) is 6.92 Å². The van der Waals surface area contributed by atoms with Gasteiger partial charge in [-0.2, -0.15) is 0 Å². The van der Waals surface area contributed by atoms with Crippen molar-refractivity contribution in [3.8, 4) is 22.6 Å². The van der Waals surface area contributed by atoms with Crippen molar-refractivity contribution in [2.75, 3.05) is 14.2 Å². The second-order valence-electron chi connectivity index (χ2n) is 4.07. The molecule has 5 nitrogen and oxygen atoms in total. The van der Waals surface area contributed by atoms with E-state index < -0.39 is 5.97 Å². The number of carboxylic acids is 1. The number of carboxylic acid groups (broad SMARTS) is 1. The van der Waals surface area contributed by atoms with Crippen molar-refractivity contribution in [3.63, 3.8) is 0 Å². The zero-order chi connectivity index (χ0) is 14.9. The molecular formula is C14H13ClO5. The number of benzene rings is 1. The molecule has 0 saturated heterocycles. The summed E-state index contributed by atoms with van der Waals surface area (Å²) in [6, 6.07) is 3.34. The summed E-state index contributed by atoms with van der Waals surface area (Å²) < 4.78 is 15.7. The predicted molar refractivity (Wildman–Crippen MR) is 74.0 cm³/mol. The summed E-state index contributed by atoms with van der Waals surface area (Å²) in [6.45, 7) is 1.65. The zero-order valence-electron chi connectivity index (χ0n) is 11.2. The maximum Gasteiger partial charge on any atom is 0.372 e. The van der Waals surface area contributed by atoms with E-state index in [9.17, 15) is 4.79 Å². The van der Waals surface area contributed by atoms with Gasteiger partial charge in [0.15, 0.2) is 0 Å². The highest BCUT2D eigenvalue weighted by Gasteiger charge is 2.23. The van der Waals surface area contributed by atoms with E-state index in [1.807, 2.05) is 0 Å². The third-order valence-electron chi connectivity index (χ3n) is 3.00. The van der Waals surface area contributed by atoms with Gasteiger partial charge in [-0.15, -0.1) is 0 Å². The number of aromatic carboxylic acids is 1. The monoisotopic (exact) mass is 296 g/mol. The van der Waals surface area contributed by atoms with Gasteiger partial charge in [-0.1, -0.05) is 11.6 Å². The lowest BCUT2D eigenvalue weighted by Crippen LogP contribution is -1.97. The maximum absolute atomic E-state index is 11.1. The van der Waals surface area contributed by atoms with Crippen molar-refractivity contribution in [1.29, 1.82) is 0 Å². The molecule has 1 N–H and O–H groups in total. The summed E-state index contributed by atoms with van der Waals surface area (Å²) in [5.74, 6) is -0.322. The molecule has 2 aromatic rings. The molecule has 0 fully saturated rings. The summed E-state index contributed by atoms with van der Waals surface area (Å²) in [4.78, 5) is 11.1. The summed E-state index contributed by atoms with van der Waals surface area (Å²) in [7, 11) is 3.00. The van der Waals surface area contributed by atoms with Crippen LogP contribution < -0.4 is 9.47 Å². The second kappa shape index (κ2) is 5.46. The predicted octanol–water partition coefficient (Wildman–Crippen LogP) is 3.62. The van der Waals surface area contributed by atoms with Crippen LogP contribution in [0, 0.1) is 6.92 Å². The Labute approximate surface area is 120 Å². The Morgan fingerprint density at radius 2 is 2.00 bits per heavy atom. The average molecular weight is 297 g/mol. The summed E-state index contributed by atoms with van der Waals surface area (Å²) >= 11 is 6.10. The number of halogens is 1. The van der Waals surface area contributed by atoms with Crippen LogP contribution in [-0.2, 0) is 0 Å². The molecule has 0 radical (unpaired) electrons. The molecule has 1 aromatic heterocycles. The van der Waals surface area contributed by atoms with E-state index in [0.29, 0.717) is 33.2 Å². The summed E-state index contributed by atoms with van der Waals surface area (Å²) in [5.41, 5.74) is 1.62. The maximum atomic E-state index is 11.1. The Balaban J connectivity index is 2.74. The lowest BCUT2D eigenvalue weighted by molar-refractivity contribution is 0.0661. The van der Waals surface area contributed by atoms with E-state index in [-0.39, 0.29) is 5.76 Å². The van der Waals surface area contributed by atoms with Gasteiger partial charge < -0.3 is 19.0 Å². The van der Waals surface area contributed by atoms with Gasteiger partial charge in [-0.3, -0.25) is 0 Å². The Morgan fingerprint density at radius 1 is 1.30 bits per heavy atom. The standard InChI is InChI=1S/C14H13ClO5/c1-7-8(6-20-12(7)14(16)17)11-10(18-2)5-4-9(15)13(11)19-3/h4-6H,1-3H3,(H,16,17). The van der Waals surface area contributed by atoms with E-state index in [2.05, 4.69) is 0 Å². The number of ether oxygens (including phenoxy) is 2. The normalized spacial score (nSPS) is 10.4. The molecule has 1 aromatic carbocycles. The van der Waals surface area contributed by atoms with E-state index in [0.717, 1.165) is 0 Å². The van der Waals surface area contributed by atoms with Crippen LogP contribution in [0.1, 0.15) is 16.1 Å². The first-order valence-electron chi connectivity index (χ1n) is 5.73. The van der Waals surface area contributed by atoms with Crippen molar-refractivity contribution in [3.05, 3.63) is 34.7 Å². The fourth-order valence-corrected chi connectivity index (χ4v) is 2.27. The third kappa shape index (κ3) is 2.20. The molecule has 0 atom stereocenters. The highest BCUT2D eigenvalue weighted by molar-refractivity contribution is 6.32. The van der Waals surface area contributed by atoms with Crippen LogP contribution in [0.5, 0.6) is 11.5 Å². The average Bonchev–Trinajstić information content (AvgIpc) is 2.80. The molecule has 0 spiro atoms. The van der Waals surface area contributed by atoms with E-state index >= 15 is 0 Å². The molecule has 1 heterocycles. The fourth-order valence-electron chi connectivity index (χ4n) is 2.04. The number of hydrogen-bond donors (Lipinski definition) is 1. The molecule has 0 unspecified atom stereocenters. The van der Waals surface area contributed by atoms with Crippen molar-refractivity contribution in [1.82, 2.24) is 0 Å². The molecular weight excluding hydrogens is 284 g/mol. The van der Waals surface area contributed by atoms with Gasteiger partial charge in [0, 0.05) is 11.1 Å². The third-order valence-corrected chi connectivity index (χ3v) is 3.30. The summed E-state index contributed by atoms with van der Waals surface area (Å²) in [5, 5.41) is 9.45. The highest BCUT2D eigenvalue weighted by Crippen LogP contribution is 2.44. The number of carbonyl (C=O) groups is 1. The lowest BCUT2D eigenvalue weighted by Gasteiger charge is -2.14. The van der Waals surface area contributed by atoms with Gasteiger partial charge in [0.1, 0.15) is 11.5 Å². The van der Waals surface area contributed by atoms with Crippen LogP contribution in [0.25, 0.3) is 11.1 Å². The molecule has 106 valence electrons. The first kappa shape index (κ1) is 14.3. The Morgan fingerprint density at radius 3 is 2.50 bits per heavy atom. The van der Waals surface area contributed by atoms with Crippen molar-refractivity contribution >= 4 is 17.6 Å². The van der Waals surface area contributed by atoms with Gasteiger partial charge in [0.2, 0.25) is 5.76 Å². The second-order valence-corrected chi connectivity index (χ2v) is 4.47. The number of hydrogen-bond acceptors (Lipinski definition) is 4. The molecule has 0 amide bonds. The molecule has 6 heteroatoms. The molecule has 0 aliphatic heterocycles. The molecule has 0 saturated carbocycles. The van der Waals surface area contributed by atoms with Crippen molar-refractivity contribution in [2.24, 2.45) is 0 Å². The number of methoxy groups -OCH3 is 2. The first-order chi connectivity index (χ1) is 9.51. The topological polar surface area (TPSA) is 68.9 Å². The smallest absolute Gasteiger partial charge is 0.372 e. The SMILES string of the molecule is COc1ccc(Cl)c(OC)c1-c1coc(C(=O)O)c1C. The van der Waals surface area contributed by atoms with Crippen molar-refractivity contribution < 1.29 is 23.8 Å². The van der Waals surface area contributed by atoms with Crippen LogP contribution in [0.4, 0.5) is 0 Å². The molecule has 0 aliphatic carbocycles.